The summed E-state index contributed by atoms with van der Waals surface area (Å²) in [6.45, 7) is 8.65. The molecule has 24 heavy (non-hydrogen) atoms. The van der Waals surface area contributed by atoms with Crippen molar-refractivity contribution in [1.82, 2.24) is 9.78 Å². The molecule has 0 aromatic carbocycles. The van der Waals surface area contributed by atoms with E-state index in [-0.39, 0.29) is 11.9 Å². The third-order valence-corrected chi connectivity index (χ3v) is 5.08. The largest absolute Gasteiger partial charge is 0.514 e. The number of hydrogen-bond acceptors (Lipinski definition) is 6. The molecule has 8 heteroatoms. The molecule has 1 unspecified atom stereocenters. The minimum absolute atomic E-state index is 0.216. The van der Waals surface area contributed by atoms with Gasteiger partial charge in [0.1, 0.15) is 6.23 Å². The topological polar surface area (TPSA) is 71.8 Å². The summed E-state index contributed by atoms with van der Waals surface area (Å²) in [5, 5.41) is 4.40. The minimum Gasteiger partial charge on any atom is -0.464 e. The molecule has 7 nitrogen and oxygen atoms in total. The standard InChI is InChI=1S/C16H25BN2O5/c1-15(2)16(3,4)24-17(23-15)12-10-11(14(20)21-5)18-19(12)13-8-6-7-9-22-13/h10,13H,6-9H2,1-5H3. The van der Waals surface area contributed by atoms with E-state index >= 15 is 0 Å². The lowest BCUT2D eigenvalue weighted by atomic mass is 9.84. The third kappa shape index (κ3) is 2.98. The zero-order chi connectivity index (χ0) is 17.5. The summed E-state index contributed by atoms with van der Waals surface area (Å²) in [7, 11) is 0.735. The molecule has 132 valence electrons. The second-order valence-corrected chi connectivity index (χ2v) is 7.30. The van der Waals surface area contributed by atoms with Crippen LogP contribution in [-0.2, 0) is 18.8 Å². The summed E-state index contributed by atoms with van der Waals surface area (Å²) >= 11 is 0. The highest BCUT2D eigenvalue weighted by atomic mass is 16.7. The number of rotatable bonds is 3. The van der Waals surface area contributed by atoms with Gasteiger partial charge in [0.05, 0.1) is 23.9 Å². The van der Waals surface area contributed by atoms with E-state index in [1.54, 1.807) is 10.7 Å². The Morgan fingerprint density at radius 3 is 2.50 bits per heavy atom. The molecule has 0 aliphatic carbocycles. The molecular weight excluding hydrogens is 311 g/mol. The first-order chi connectivity index (χ1) is 11.2. The normalized spacial score (nSPS) is 25.7. The van der Waals surface area contributed by atoms with Gasteiger partial charge < -0.3 is 18.8 Å². The first kappa shape index (κ1) is 17.4. The van der Waals surface area contributed by atoms with Crippen LogP contribution >= 0.6 is 0 Å². The Bertz CT molecular complexity index is 606. The summed E-state index contributed by atoms with van der Waals surface area (Å²) in [6, 6.07) is 1.67. The molecule has 0 saturated carbocycles. The highest BCUT2D eigenvalue weighted by Crippen LogP contribution is 2.37. The fourth-order valence-corrected chi connectivity index (χ4v) is 2.90. The Morgan fingerprint density at radius 1 is 1.29 bits per heavy atom. The fourth-order valence-electron chi connectivity index (χ4n) is 2.90. The van der Waals surface area contributed by atoms with Crippen molar-refractivity contribution in [2.24, 2.45) is 0 Å². The number of carbonyl (C=O) groups is 1. The van der Waals surface area contributed by atoms with Crippen LogP contribution in [0.15, 0.2) is 6.07 Å². The molecule has 2 aliphatic rings. The Kier molecular flexibility index (Phi) is 4.48. The highest BCUT2D eigenvalue weighted by Gasteiger charge is 2.53. The Labute approximate surface area is 142 Å². The monoisotopic (exact) mass is 336 g/mol. The van der Waals surface area contributed by atoms with Crippen LogP contribution in [0.4, 0.5) is 0 Å². The number of methoxy groups -OCH3 is 1. The predicted octanol–water partition coefficient (Wildman–Crippen LogP) is 1.67. The first-order valence-corrected chi connectivity index (χ1v) is 8.40. The van der Waals surface area contributed by atoms with Crippen molar-refractivity contribution in [3.8, 4) is 0 Å². The predicted molar refractivity (Wildman–Crippen MR) is 88.1 cm³/mol. The zero-order valence-electron chi connectivity index (χ0n) is 15.0. The highest BCUT2D eigenvalue weighted by molar-refractivity contribution is 6.61. The fraction of sp³-hybridized carbons (Fsp3) is 0.750. The molecule has 0 N–H and O–H groups in total. The van der Waals surface area contributed by atoms with Crippen LogP contribution in [0.25, 0.3) is 0 Å². The lowest BCUT2D eigenvalue weighted by Crippen LogP contribution is -2.42. The molecule has 2 aliphatic heterocycles. The van der Waals surface area contributed by atoms with Gasteiger partial charge in [0.25, 0.3) is 0 Å². The van der Waals surface area contributed by atoms with Crippen LogP contribution in [-0.4, -0.2) is 47.8 Å². The van der Waals surface area contributed by atoms with Gasteiger partial charge in [-0.3, -0.25) is 0 Å². The molecule has 2 fully saturated rings. The van der Waals surface area contributed by atoms with Gasteiger partial charge in [-0.2, -0.15) is 5.10 Å². The smallest absolute Gasteiger partial charge is 0.464 e. The molecule has 1 atom stereocenters. The molecule has 3 rings (SSSR count). The van der Waals surface area contributed by atoms with E-state index in [9.17, 15) is 4.79 Å². The molecule has 0 radical (unpaired) electrons. The second kappa shape index (κ2) is 6.17. The molecular formula is C16H25BN2O5. The first-order valence-electron chi connectivity index (χ1n) is 8.40. The average molecular weight is 336 g/mol. The maximum Gasteiger partial charge on any atom is 0.514 e. The molecule has 3 heterocycles. The van der Waals surface area contributed by atoms with Gasteiger partial charge >= 0.3 is 13.1 Å². The van der Waals surface area contributed by atoms with Gasteiger partial charge in [-0.1, -0.05) is 0 Å². The van der Waals surface area contributed by atoms with Crippen molar-refractivity contribution < 1.29 is 23.6 Å². The Balaban J connectivity index is 1.96. The van der Waals surface area contributed by atoms with Gasteiger partial charge in [-0.25, -0.2) is 9.48 Å². The molecule has 1 aromatic rings. The lowest BCUT2D eigenvalue weighted by molar-refractivity contribution is -0.0381. The van der Waals surface area contributed by atoms with Crippen molar-refractivity contribution in [1.29, 1.82) is 0 Å². The number of aromatic nitrogens is 2. The van der Waals surface area contributed by atoms with Crippen molar-refractivity contribution in [2.75, 3.05) is 13.7 Å². The molecule has 0 bridgehead atoms. The molecule has 2 saturated heterocycles. The van der Waals surface area contributed by atoms with Crippen molar-refractivity contribution in [2.45, 2.75) is 64.4 Å². The minimum atomic E-state index is -0.605. The van der Waals surface area contributed by atoms with Crippen LogP contribution in [0.5, 0.6) is 0 Å². The molecule has 0 spiro atoms. The summed E-state index contributed by atoms with van der Waals surface area (Å²) < 4.78 is 24.6. The molecule has 0 amide bonds. The van der Waals surface area contributed by atoms with E-state index in [0.29, 0.717) is 12.2 Å². The van der Waals surface area contributed by atoms with Crippen LogP contribution in [0.2, 0.25) is 0 Å². The average Bonchev–Trinajstić information content (AvgIpc) is 3.07. The lowest BCUT2D eigenvalue weighted by Gasteiger charge is -2.32. The van der Waals surface area contributed by atoms with Gasteiger partial charge in [-0.05, 0) is 53.0 Å². The van der Waals surface area contributed by atoms with Gasteiger partial charge in [0, 0.05) is 6.61 Å². The van der Waals surface area contributed by atoms with Crippen LogP contribution in [0, 0.1) is 0 Å². The number of ether oxygens (including phenoxy) is 2. The van der Waals surface area contributed by atoms with Gasteiger partial charge in [0.2, 0.25) is 0 Å². The summed E-state index contributed by atoms with van der Waals surface area (Å²) in [6.07, 6.45) is 2.72. The third-order valence-electron chi connectivity index (χ3n) is 5.08. The van der Waals surface area contributed by atoms with Crippen molar-refractivity contribution in [3.63, 3.8) is 0 Å². The van der Waals surface area contributed by atoms with E-state index in [0.717, 1.165) is 19.3 Å². The van der Waals surface area contributed by atoms with E-state index in [1.165, 1.54) is 7.11 Å². The summed E-state index contributed by atoms with van der Waals surface area (Å²) in [5.41, 5.74) is -0.0191. The number of nitrogens with zero attached hydrogens (tertiary/aromatic N) is 2. The van der Waals surface area contributed by atoms with Gasteiger partial charge in [-0.15, -0.1) is 0 Å². The van der Waals surface area contributed by atoms with E-state index in [2.05, 4.69) is 5.10 Å². The van der Waals surface area contributed by atoms with E-state index < -0.39 is 24.3 Å². The van der Waals surface area contributed by atoms with Crippen molar-refractivity contribution in [3.05, 3.63) is 11.8 Å². The maximum atomic E-state index is 11.9. The number of esters is 1. The van der Waals surface area contributed by atoms with Crippen LogP contribution in [0.1, 0.15) is 63.7 Å². The van der Waals surface area contributed by atoms with Crippen molar-refractivity contribution >= 4 is 18.7 Å². The summed E-state index contributed by atoms with van der Waals surface area (Å²) in [5.74, 6) is -0.484. The maximum absolute atomic E-state index is 11.9. The quantitative estimate of drug-likeness (QED) is 0.618. The van der Waals surface area contributed by atoms with E-state index in [1.807, 2.05) is 27.7 Å². The zero-order valence-corrected chi connectivity index (χ0v) is 15.0. The summed E-state index contributed by atoms with van der Waals surface area (Å²) in [4.78, 5) is 11.9. The van der Waals surface area contributed by atoms with Crippen LogP contribution in [0.3, 0.4) is 0 Å². The Hall–Kier alpha value is -1.38. The Morgan fingerprint density at radius 2 is 1.96 bits per heavy atom. The molecule has 1 aromatic heterocycles. The number of hydrogen-bond donors (Lipinski definition) is 0. The SMILES string of the molecule is COC(=O)c1cc(B2OC(C)(C)C(C)(C)O2)n(C2CCCCO2)n1. The van der Waals surface area contributed by atoms with E-state index in [4.69, 9.17) is 18.8 Å². The second-order valence-electron chi connectivity index (χ2n) is 7.30. The van der Waals surface area contributed by atoms with Crippen LogP contribution < -0.4 is 5.59 Å². The van der Waals surface area contributed by atoms with Gasteiger partial charge in [0.15, 0.2) is 5.69 Å². The number of carbonyl (C=O) groups excluding carboxylic acids is 1.